The van der Waals surface area contributed by atoms with Crippen molar-refractivity contribution in [1.29, 1.82) is 0 Å². The number of methoxy groups -OCH3 is 2. The van der Waals surface area contributed by atoms with Crippen molar-refractivity contribution >= 4 is 17.3 Å². The minimum atomic E-state index is 0.535. The summed E-state index contributed by atoms with van der Waals surface area (Å²) in [7, 11) is 3.38. The van der Waals surface area contributed by atoms with E-state index < -0.39 is 0 Å². The van der Waals surface area contributed by atoms with E-state index in [1.807, 2.05) is 36.4 Å². The molecule has 4 rings (SSSR count). The van der Waals surface area contributed by atoms with Crippen LogP contribution in [-0.2, 0) is 11.3 Å². The Morgan fingerprint density at radius 3 is 2.52 bits per heavy atom. The minimum Gasteiger partial charge on any atom is -0.494 e. The van der Waals surface area contributed by atoms with Crippen molar-refractivity contribution in [2.45, 2.75) is 51.6 Å². The van der Waals surface area contributed by atoms with Gasteiger partial charge < -0.3 is 19.5 Å². The van der Waals surface area contributed by atoms with E-state index in [0.717, 1.165) is 41.9 Å². The number of hydrogen-bond donors (Lipinski definition) is 1. The number of hydrogen-bond acceptors (Lipinski definition) is 7. The van der Waals surface area contributed by atoms with Crippen molar-refractivity contribution in [3.63, 3.8) is 0 Å². The molecule has 1 aliphatic carbocycles. The lowest BCUT2D eigenvalue weighted by atomic mass is 9.95. The molecular formula is C26H36N4O3. The number of ether oxygens (including phenoxy) is 3. The first-order valence-electron chi connectivity index (χ1n) is 12.0. The molecule has 0 unspecified atom stereocenters. The number of aliphatic imine (C=N–C) groups is 1. The molecular weight excluding hydrogens is 416 g/mol. The second kappa shape index (κ2) is 11.4. The lowest BCUT2D eigenvalue weighted by Gasteiger charge is -2.44. The summed E-state index contributed by atoms with van der Waals surface area (Å²) >= 11 is 0. The van der Waals surface area contributed by atoms with Gasteiger partial charge in [-0.2, -0.15) is 0 Å². The summed E-state index contributed by atoms with van der Waals surface area (Å²) < 4.78 is 16.4. The number of benzene rings is 2. The van der Waals surface area contributed by atoms with Crippen LogP contribution in [0.25, 0.3) is 0 Å². The van der Waals surface area contributed by atoms with Gasteiger partial charge >= 0.3 is 0 Å². The Hall–Kier alpha value is -2.77. The van der Waals surface area contributed by atoms with E-state index in [1.54, 1.807) is 14.2 Å². The highest BCUT2D eigenvalue weighted by Crippen LogP contribution is 2.37. The molecule has 0 bridgehead atoms. The summed E-state index contributed by atoms with van der Waals surface area (Å²) in [6.45, 7) is 5.05. The van der Waals surface area contributed by atoms with Crippen LogP contribution in [0.15, 0.2) is 47.5 Å². The van der Waals surface area contributed by atoms with Gasteiger partial charge in [0.25, 0.3) is 0 Å². The largest absolute Gasteiger partial charge is 0.494 e. The zero-order valence-corrected chi connectivity index (χ0v) is 20.0. The van der Waals surface area contributed by atoms with Crippen LogP contribution in [0.2, 0.25) is 0 Å². The average Bonchev–Trinajstić information content (AvgIpc) is 2.86. The number of guanidine groups is 1. The van der Waals surface area contributed by atoms with Gasteiger partial charge in [0.05, 0.1) is 20.3 Å². The normalized spacial score (nSPS) is 16.4. The molecule has 2 aliphatic rings. The molecule has 0 radical (unpaired) electrons. The van der Waals surface area contributed by atoms with E-state index in [4.69, 9.17) is 19.2 Å². The van der Waals surface area contributed by atoms with E-state index in [0.29, 0.717) is 19.3 Å². The van der Waals surface area contributed by atoms with Crippen molar-refractivity contribution in [3.8, 4) is 11.5 Å². The Balaban J connectivity index is 1.60. The number of nitrogens with zero attached hydrogens (tertiary/aromatic N) is 3. The summed E-state index contributed by atoms with van der Waals surface area (Å²) in [5.74, 6) is 2.45. The second-order valence-electron chi connectivity index (χ2n) is 8.50. The van der Waals surface area contributed by atoms with Crippen LogP contribution in [0, 0.1) is 0 Å². The predicted molar refractivity (Wildman–Crippen MR) is 132 cm³/mol. The van der Waals surface area contributed by atoms with E-state index >= 15 is 0 Å². The number of nitrogens with one attached hydrogen (secondary N) is 1. The lowest BCUT2D eigenvalue weighted by molar-refractivity contribution is -0.0173. The van der Waals surface area contributed by atoms with Gasteiger partial charge in [-0.3, -0.25) is 5.01 Å². The Bertz CT molecular complexity index is 926. The lowest BCUT2D eigenvalue weighted by Crippen LogP contribution is -2.54. The smallest absolute Gasteiger partial charge is 0.219 e. The van der Waals surface area contributed by atoms with Gasteiger partial charge in [0, 0.05) is 30.9 Å². The van der Waals surface area contributed by atoms with Crippen LogP contribution >= 0.6 is 0 Å². The molecule has 0 spiro atoms. The maximum atomic E-state index is 5.71. The van der Waals surface area contributed by atoms with Crippen molar-refractivity contribution in [1.82, 2.24) is 10.0 Å². The van der Waals surface area contributed by atoms with Crippen molar-refractivity contribution in [2.24, 2.45) is 4.99 Å². The van der Waals surface area contributed by atoms with Crippen molar-refractivity contribution in [3.05, 3.63) is 48.0 Å². The van der Waals surface area contributed by atoms with Gasteiger partial charge in [0.2, 0.25) is 5.96 Å². The number of rotatable bonds is 9. The van der Waals surface area contributed by atoms with E-state index in [-0.39, 0.29) is 0 Å². The topological polar surface area (TPSA) is 58.6 Å². The molecule has 7 heteroatoms. The van der Waals surface area contributed by atoms with Crippen LogP contribution in [0.5, 0.6) is 11.5 Å². The first-order chi connectivity index (χ1) is 16.2. The first-order valence-corrected chi connectivity index (χ1v) is 12.0. The van der Waals surface area contributed by atoms with E-state index in [2.05, 4.69) is 28.3 Å². The van der Waals surface area contributed by atoms with Crippen molar-refractivity contribution in [2.75, 3.05) is 39.3 Å². The highest BCUT2D eigenvalue weighted by atomic mass is 16.5. The Morgan fingerprint density at radius 2 is 1.82 bits per heavy atom. The SMILES string of the molecule is CCN(C1CCCCC1)N1Cc2cccc(OC)c2N=C1Nc1ccc(OCCOC)cc1. The third-order valence-corrected chi connectivity index (χ3v) is 6.38. The quantitative estimate of drug-likeness (QED) is 0.528. The molecule has 178 valence electrons. The fraction of sp³-hybridized carbons (Fsp3) is 0.500. The average molecular weight is 453 g/mol. The summed E-state index contributed by atoms with van der Waals surface area (Å²) in [5, 5.41) is 8.39. The van der Waals surface area contributed by atoms with Gasteiger partial charge in [-0.05, 0) is 43.2 Å². The van der Waals surface area contributed by atoms with Crippen LogP contribution in [0.3, 0.4) is 0 Å². The van der Waals surface area contributed by atoms with Gasteiger partial charge in [-0.25, -0.2) is 10.0 Å². The fourth-order valence-corrected chi connectivity index (χ4v) is 4.70. The van der Waals surface area contributed by atoms with Crippen molar-refractivity contribution < 1.29 is 14.2 Å². The van der Waals surface area contributed by atoms with Gasteiger partial charge in [0.15, 0.2) is 0 Å². The zero-order valence-electron chi connectivity index (χ0n) is 20.0. The molecule has 1 N–H and O–H groups in total. The first kappa shape index (κ1) is 23.4. The molecule has 0 aromatic heterocycles. The zero-order chi connectivity index (χ0) is 23.0. The third-order valence-electron chi connectivity index (χ3n) is 6.38. The van der Waals surface area contributed by atoms with Crippen LogP contribution in [-0.4, -0.2) is 56.0 Å². The molecule has 33 heavy (non-hydrogen) atoms. The summed E-state index contributed by atoms with van der Waals surface area (Å²) in [6, 6.07) is 14.7. The molecule has 1 saturated carbocycles. The molecule has 2 aromatic carbocycles. The van der Waals surface area contributed by atoms with Crippen LogP contribution in [0.4, 0.5) is 11.4 Å². The molecule has 2 aromatic rings. The molecule has 0 atom stereocenters. The van der Waals surface area contributed by atoms with Gasteiger partial charge in [0.1, 0.15) is 23.8 Å². The Morgan fingerprint density at radius 1 is 1.03 bits per heavy atom. The predicted octanol–water partition coefficient (Wildman–Crippen LogP) is 5.21. The standard InChI is InChI=1S/C26H36N4O3/c1-4-29(22-10-6-5-7-11-22)30-19-20-9-8-12-24(32-3)25(20)28-26(30)27-21-13-15-23(16-14-21)33-18-17-31-2/h8-9,12-16,22H,4-7,10-11,17-19H2,1-3H3,(H,27,28). The Kier molecular flexibility index (Phi) is 8.07. The Labute approximate surface area is 197 Å². The van der Waals surface area contributed by atoms with E-state index in [1.165, 1.54) is 37.7 Å². The summed E-state index contributed by atoms with van der Waals surface area (Å²) in [4.78, 5) is 5.06. The summed E-state index contributed by atoms with van der Waals surface area (Å²) in [5.41, 5.74) is 3.05. The number of anilines is 1. The number of hydrazine groups is 1. The van der Waals surface area contributed by atoms with Crippen LogP contribution in [0.1, 0.15) is 44.6 Å². The minimum absolute atomic E-state index is 0.535. The molecule has 0 amide bonds. The maximum absolute atomic E-state index is 5.71. The van der Waals surface area contributed by atoms with Gasteiger partial charge in [-0.15, -0.1) is 0 Å². The van der Waals surface area contributed by atoms with Crippen LogP contribution < -0.4 is 14.8 Å². The molecule has 1 fully saturated rings. The van der Waals surface area contributed by atoms with Gasteiger partial charge in [-0.1, -0.05) is 38.3 Å². The molecule has 0 saturated heterocycles. The monoisotopic (exact) mass is 452 g/mol. The molecule has 7 nitrogen and oxygen atoms in total. The molecule has 1 aliphatic heterocycles. The second-order valence-corrected chi connectivity index (χ2v) is 8.50. The van der Waals surface area contributed by atoms with E-state index in [9.17, 15) is 0 Å². The number of para-hydroxylation sites is 1. The third kappa shape index (κ3) is 5.60. The highest BCUT2D eigenvalue weighted by molar-refractivity contribution is 5.97. The molecule has 1 heterocycles. The highest BCUT2D eigenvalue weighted by Gasteiger charge is 2.31. The fourth-order valence-electron chi connectivity index (χ4n) is 4.70. The summed E-state index contributed by atoms with van der Waals surface area (Å²) in [6.07, 6.45) is 6.39. The maximum Gasteiger partial charge on any atom is 0.219 e. The number of fused-ring (bicyclic) bond motifs is 1.